The number of hydrogen-bond acceptors (Lipinski definition) is 5. The molecule has 6 heteroatoms. The second kappa shape index (κ2) is 4.83. The Morgan fingerprint density at radius 1 is 1.09 bits per heavy atom. The molecule has 1 aliphatic rings. The predicted molar refractivity (Wildman–Crippen MR) is 90.8 cm³/mol. The molecule has 1 aliphatic carbocycles. The number of nitrogens with zero attached hydrogens (tertiary/aromatic N) is 5. The number of aromatic nitrogens is 5. The SMILES string of the molecule is Cc1ccc(-c2nc3sc4c(c3c3nnnn23)CCCC4)cc1. The van der Waals surface area contributed by atoms with Gasteiger partial charge in [-0.2, -0.15) is 4.52 Å². The Bertz CT molecular complexity index is 1030. The molecule has 3 aromatic heterocycles. The van der Waals surface area contributed by atoms with Crippen LogP contribution in [0.3, 0.4) is 0 Å². The fourth-order valence-electron chi connectivity index (χ4n) is 3.38. The van der Waals surface area contributed by atoms with E-state index < -0.39 is 0 Å². The standard InChI is InChI=1S/C17H15N5S/c1-10-6-8-11(9-7-10)15-18-17-14(16-19-20-21-22(15)16)12-4-2-3-5-13(12)23-17/h6-9H,2-5H2,1H3. The normalized spacial score (nSPS) is 14.5. The summed E-state index contributed by atoms with van der Waals surface area (Å²) in [4.78, 5) is 7.45. The lowest BCUT2D eigenvalue weighted by molar-refractivity contribution is 0.700. The summed E-state index contributed by atoms with van der Waals surface area (Å²) >= 11 is 1.81. The van der Waals surface area contributed by atoms with Crippen molar-refractivity contribution in [3.8, 4) is 11.4 Å². The first-order valence-corrected chi connectivity index (χ1v) is 8.72. The number of aryl methyl sites for hydroxylation is 3. The highest BCUT2D eigenvalue weighted by Crippen LogP contribution is 2.38. The molecule has 23 heavy (non-hydrogen) atoms. The number of hydrogen-bond donors (Lipinski definition) is 0. The lowest BCUT2D eigenvalue weighted by Crippen LogP contribution is -2.01. The van der Waals surface area contributed by atoms with Crippen LogP contribution >= 0.6 is 11.3 Å². The Balaban J connectivity index is 1.86. The molecule has 0 saturated carbocycles. The molecule has 0 bridgehead atoms. The van der Waals surface area contributed by atoms with Crippen molar-refractivity contribution < 1.29 is 0 Å². The molecule has 5 nitrogen and oxygen atoms in total. The fourth-order valence-corrected chi connectivity index (χ4v) is 4.64. The van der Waals surface area contributed by atoms with Gasteiger partial charge in [-0.05, 0) is 48.6 Å². The van der Waals surface area contributed by atoms with E-state index in [0.717, 1.165) is 40.1 Å². The number of tetrazole rings is 1. The third-order valence-electron chi connectivity index (χ3n) is 4.56. The first-order valence-electron chi connectivity index (χ1n) is 7.90. The lowest BCUT2D eigenvalue weighted by atomic mass is 9.97. The van der Waals surface area contributed by atoms with Crippen LogP contribution in [0.15, 0.2) is 24.3 Å². The summed E-state index contributed by atoms with van der Waals surface area (Å²) in [5, 5.41) is 13.6. The molecule has 5 rings (SSSR count). The van der Waals surface area contributed by atoms with Crippen molar-refractivity contribution in [2.45, 2.75) is 32.6 Å². The van der Waals surface area contributed by atoms with Gasteiger partial charge in [0, 0.05) is 10.4 Å². The van der Waals surface area contributed by atoms with Gasteiger partial charge in [0.2, 0.25) is 0 Å². The Morgan fingerprint density at radius 3 is 2.78 bits per heavy atom. The average Bonchev–Trinajstić information content (AvgIpc) is 3.18. The van der Waals surface area contributed by atoms with Crippen molar-refractivity contribution in [2.24, 2.45) is 0 Å². The van der Waals surface area contributed by atoms with Crippen LogP contribution in [-0.4, -0.2) is 25.0 Å². The van der Waals surface area contributed by atoms with Crippen LogP contribution in [0.4, 0.5) is 0 Å². The van der Waals surface area contributed by atoms with E-state index in [4.69, 9.17) is 4.98 Å². The van der Waals surface area contributed by atoms with Gasteiger partial charge in [-0.3, -0.25) is 0 Å². The van der Waals surface area contributed by atoms with Crippen LogP contribution in [0.2, 0.25) is 0 Å². The van der Waals surface area contributed by atoms with Gasteiger partial charge in [-0.15, -0.1) is 16.4 Å². The highest BCUT2D eigenvalue weighted by atomic mass is 32.1. The van der Waals surface area contributed by atoms with Gasteiger partial charge in [0.25, 0.3) is 0 Å². The predicted octanol–water partition coefficient (Wildman–Crippen LogP) is 3.59. The molecule has 0 unspecified atom stereocenters. The van der Waals surface area contributed by atoms with Crippen molar-refractivity contribution in [1.29, 1.82) is 0 Å². The molecule has 114 valence electrons. The van der Waals surface area contributed by atoms with Gasteiger partial charge in [-0.25, -0.2) is 4.98 Å². The third-order valence-corrected chi connectivity index (χ3v) is 5.75. The summed E-state index contributed by atoms with van der Waals surface area (Å²) in [6.07, 6.45) is 4.78. The van der Waals surface area contributed by atoms with Crippen molar-refractivity contribution in [2.75, 3.05) is 0 Å². The van der Waals surface area contributed by atoms with Crippen molar-refractivity contribution >= 4 is 27.2 Å². The van der Waals surface area contributed by atoms with E-state index in [1.807, 2.05) is 11.3 Å². The summed E-state index contributed by atoms with van der Waals surface area (Å²) < 4.78 is 1.79. The Hall–Kier alpha value is -2.34. The molecular weight excluding hydrogens is 306 g/mol. The molecule has 0 amide bonds. The smallest absolute Gasteiger partial charge is 0.192 e. The summed E-state index contributed by atoms with van der Waals surface area (Å²) in [6.45, 7) is 2.08. The minimum absolute atomic E-state index is 0.816. The van der Waals surface area contributed by atoms with E-state index in [1.54, 1.807) is 4.52 Å². The second-order valence-electron chi connectivity index (χ2n) is 6.11. The quantitative estimate of drug-likeness (QED) is 0.537. The van der Waals surface area contributed by atoms with Crippen LogP contribution < -0.4 is 0 Å². The Kier molecular flexibility index (Phi) is 2.76. The lowest BCUT2D eigenvalue weighted by Gasteiger charge is -2.10. The minimum atomic E-state index is 0.816. The van der Waals surface area contributed by atoms with Gasteiger partial charge in [-0.1, -0.05) is 29.8 Å². The van der Waals surface area contributed by atoms with Gasteiger partial charge in [0.1, 0.15) is 4.83 Å². The third kappa shape index (κ3) is 1.91. The fraction of sp³-hybridized carbons (Fsp3) is 0.294. The molecule has 1 aromatic carbocycles. The van der Waals surface area contributed by atoms with Gasteiger partial charge >= 0.3 is 0 Å². The average molecular weight is 321 g/mol. The first-order chi connectivity index (χ1) is 11.3. The van der Waals surface area contributed by atoms with Crippen LogP contribution in [0, 0.1) is 6.92 Å². The largest absolute Gasteiger partial charge is 0.217 e. The number of rotatable bonds is 1. The van der Waals surface area contributed by atoms with E-state index in [0.29, 0.717) is 0 Å². The zero-order chi connectivity index (χ0) is 15.4. The summed E-state index contributed by atoms with van der Waals surface area (Å²) in [6, 6.07) is 8.35. The van der Waals surface area contributed by atoms with E-state index in [2.05, 4.69) is 46.7 Å². The zero-order valence-corrected chi connectivity index (χ0v) is 13.6. The van der Waals surface area contributed by atoms with Gasteiger partial charge < -0.3 is 0 Å². The Morgan fingerprint density at radius 2 is 1.91 bits per heavy atom. The molecule has 0 aliphatic heterocycles. The molecule has 0 radical (unpaired) electrons. The van der Waals surface area contributed by atoms with E-state index in [-0.39, 0.29) is 0 Å². The number of thiophene rings is 1. The molecule has 3 heterocycles. The van der Waals surface area contributed by atoms with Crippen molar-refractivity contribution in [1.82, 2.24) is 25.0 Å². The Labute approximate surface area is 137 Å². The highest BCUT2D eigenvalue weighted by Gasteiger charge is 2.22. The van der Waals surface area contributed by atoms with Gasteiger partial charge in [0.05, 0.1) is 5.39 Å². The zero-order valence-electron chi connectivity index (χ0n) is 12.8. The maximum atomic E-state index is 4.92. The topological polar surface area (TPSA) is 56.0 Å². The highest BCUT2D eigenvalue weighted by molar-refractivity contribution is 7.19. The van der Waals surface area contributed by atoms with Crippen molar-refractivity contribution in [3.05, 3.63) is 40.3 Å². The van der Waals surface area contributed by atoms with Crippen LogP contribution in [0.1, 0.15) is 28.8 Å². The summed E-state index contributed by atoms with van der Waals surface area (Å²) in [5.41, 5.74) is 4.53. The summed E-state index contributed by atoms with van der Waals surface area (Å²) in [5.74, 6) is 0.816. The van der Waals surface area contributed by atoms with Crippen LogP contribution in [-0.2, 0) is 12.8 Å². The maximum Gasteiger partial charge on any atom is 0.192 e. The minimum Gasteiger partial charge on any atom is -0.217 e. The number of benzene rings is 1. The molecule has 0 N–H and O–H groups in total. The molecule has 4 aromatic rings. The maximum absolute atomic E-state index is 4.92. The monoisotopic (exact) mass is 321 g/mol. The molecular formula is C17H15N5S. The van der Waals surface area contributed by atoms with E-state index >= 15 is 0 Å². The van der Waals surface area contributed by atoms with Crippen molar-refractivity contribution in [3.63, 3.8) is 0 Å². The van der Waals surface area contributed by atoms with Crippen LogP contribution in [0.5, 0.6) is 0 Å². The molecule has 0 saturated heterocycles. The first kappa shape index (κ1) is 13.1. The van der Waals surface area contributed by atoms with E-state index in [1.165, 1.54) is 28.8 Å². The molecule has 0 fully saturated rings. The van der Waals surface area contributed by atoms with Crippen LogP contribution in [0.25, 0.3) is 27.3 Å². The number of fused-ring (bicyclic) bond motifs is 5. The van der Waals surface area contributed by atoms with E-state index in [9.17, 15) is 0 Å². The molecule has 0 spiro atoms. The second-order valence-corrected chi connectivity index (χ2v) is 7.19. The molecule has 0 atom stereocenters. The van der Waals surface area contributed by atoms with Gasteiger partial charge in [0.15, 0.2) is 11.5 Å². The summed E-state index contributed by atoms with van der Waals surface area (Å²) in [7, 11) is 0.